The van der Waals surface area contributed by atoms with Crippen molar-refractivity contribution in [1.82, 2.24) is 0 Å². The van der Waals surface area contributed by atoms with Crippen molar-refractivity contribution in [2.24, 2.45) is 0 Å². The summed E-state index contributed by atoms with van der Waals surface area (Å²) in [5, 5.41) is 10.2. The van der Waals surface area contributed by atoms with Crippen molar-refractivity contribution in [2.45, 2.75) is 44.2 Å². The van der Waals surface area contributed by atoms with Gasteiger partial charge in [0.15, 0.2) is 11.5 Å². The van der Waals surface area contributed by atoms with Gasteiger partial charge in [0.1, 0.15) is 0 Å². The van der Waals surface area contributed by atoms with Gasteiger partial charge in [-0.05, 0) is 0 Å². The molecule has 5 nitrogen and oxygen atoms in total. The van der Waals surface area contributed by atoms with E-state index in [0.717, 1.165) is 0 Å². The highest BCUT2D eigenvalue weighted by molar-refractivity contribution is 7.80. The van der Waals surface area contributed by atoms with Gasteiger partial charge in [-0.1, -0.05) is 0 Å². The third kappa shape index (κ3) is 1.48. The van der Waals surface area contributed by atoms with E-state index in [2.05, 4.69) is 12.6 Å². The molecule has 2 aliphatic rings. The third-order valence-electron chi connectivity index (χ3n) is 2.66. The van der Waals surface area contributed by atoms with Crippen molar-refractivity contribution in [3.05, 3.63) is 0 Å². The zero-order chi connectivity index (χ0) is 13.3. The van der Waals surface area contributed by atoms with E-state index in [9.17, 15) is 5.11 Å². The first-order chi connectivity index (χ1) is 8.20. The lowest BCUT2D eigenvalue weighted by Crippen LogP contribution is -2.30. The van der Waals surface area contributed by atoms with Crippen LogP contribution >= 0.6 is 12.6 Å². The summed E-state index contributed by atoms with van der Waals surface area (Å²) < 4.78 is 22.3. The van der Waals surface area contributed by atoms with Crippen LogP contribution in [-0.4, -0.2) is 16.7 Å². The van der Waals surface area contributed by atoms with Gasteiger partial charge in [-0.2, -0.15) is 0 Å². The molecule has 2 aliphatic heterocycles. The highest BCUT2D eigenvalue weighted by Gasteiger charge is 2.44. The second kappa shape index (κ2) is 3.12. The summed E-state index contributed by atoms with van der Waals surface area (Å²) in [6.45, 7) is 6.99. The van der Waals surface area contributed by atoms with E-state index >= 15 is 0 Å². The SMILES string of the molecule is CC1(C)Oc2c(O)c3c(c(S)c2O1)OC(C)(C)O3. The van der Waals surface area contributed by atoms with Gasteiger partial charge in [-0.25, -0.2) is 0 Å². The van der Waals surface area contributed by atoms with Crippen LogP contribution in [0.4, 0.5) is 0 Å². The third-order valence-corrected chi connectivity index (χ3v) is 3.07. The highest BCUT2D eigenvalue weighted by atomic mass is 32.1. The fraction of sp³-hybridized carbons (Fsp3) is 0.500. The summed E-state index contributed by atoms with van der Waals surface area (Å²) in [6, 6.07) is 0. The van der Waals surface area contributed by atoms with Crippen molar-refractivity contribution in [1.29, 1.82) is 0 Å². The number of phenols is 1. The molecule has 0 bridgehead atoms. The lowest BCUT2D eigenvalue weighted by Gasteiger charge is -2.18. The Labute approximate surface area is 110 Å². The van der Waals surface area contributed by atoms with Gasteiger partial charge in [0.25, 0.3) is 0 Å². The van der Waals surface area contributed by atoms with Gasteiger partial charge >= 0.3 is 0 Å². The minimum atomic E-state index is -0.845. The first-order valence-corrected chi connectivity index (χ1v) is 6.03. The average molecular weight is 270 g/mol. The fourth-order valence-corrected chi connectivity index (χ4v) is 2.33. The minimum Gasteiger partial charge on any atom is -0.501 e. The van der Waals surface area contributed by atoms with Crippen molar-refractivity contribution in [2.75, 3.05) is 0 Å². The van der Waals surface area contributed by atoms with Crippen LogP contribution in [0.2, 0.25) is 0 Å². The summed E-state index contributed by atoms with van der Waals surface area (Å²) in [5.41, 5.74) is 0. The van der Waals surface area contributed by atoms with Crippen LogP contribution in [0.15, 0.2) is 4.90 Å². The number of ether oxygens (including phenoxy) is 4. The summed E-state index contributed by atoms with van der Waals surface area (Å²) in [6.07, 6.45) is 0. The number of fused-ring (bicyclic) bond motifs is 2. The Kier molecular flexibility index (Phi) is 2.02. The van der Waals surface area contributed by atoms with Gasteiger partial charge in [-0.3, -0.25) is 0 Å². The van der Waals surface area contributed by atoms with E-state index in [-0.39, 0.29) is 17.2 Å². The Morgan fingerprint density at radius 2 is 1.11 bits per heavy atom. The largest absolute Gasteiger partial charge is 0.501 e. The van der Waals surface area contributed by atoms with Crippen molar-refractivity contribution >= 4 is 12.6 Å². The van der Waals surface area contributed by atoms with E-state index in [0.29, 0.717) is 16.4 Å². The quantitative estimate of drug-likeness (QED) is 0.710. The molecule has 0 amide bonds. The topological polar surface area (TPSA) is 57.2 Å². The lowest BCUT2D eigenvalue weighted by molar-refractivity contribution is -0.0516. The second-order valence-electron chi connectivity index (χ2n) is 5.22. The molecular weight excluding hydrogens is 256 g/mol. The molecule has 1 N–H and O–H groups in total. The zero-order valence-electron chi connectivity index (χ0n) is 10.5. The fourth-order valence-electron chi connectivity index (χ4n) is 2.04. The number of thiol groups is 1. The molecule has 0 saturated carbocycles. The number of phenolic OH excluding ortho intramolecular Hbond substituents is 1. The van der Waals surface area contributed by atoms with Crippen molar-refractivity contribution in [3.63, 3.8) is 0 Å². The number of hydrogen-bond donors (Lipinski definition) is 2. The molecule has 2 heterocycles. The molecule has 0 atom stereocenters. The van der Waals surface area contributed by atoms with Crippen LogP contribution in [0.1, 0.15) is 27.7 Å². The Morgan fingerprint density at radius 1 is 0.778 bits per heavy atom. The molecule has 0 saturated heterocycles. The zero-order valence-corrected chi connectivity index (χ0v) is 11.4. The van der Waals surface area contributed by atoms with E-state index in [1.165, 1.54) is 0 Å². The molecule has 0 spiro atoms. The molecular formula is C12H14O5S. The summed E-state index contributed by atoms with van der Waals surface area (Å²) >= 11 is 4.37. The number of aromatic hydroxyl groups is 1. The van der Waals surface area contributed by atoms with Crippen LogP contribution in [0.25, 0.3) is 0 Å². The predicted octanol–water partition coefficient (Wildman–Crippen LogP) is 2.70. The predicted molar refractivity (Wildman–Crippen MR) is 66.0 cm³/mol. The van der Waals surface area contributed by atoms with Gasteiger partial charge in [0, 0.05) is 27.7 Å². The maximum absolute atomic E-state index is 10.2. The van der Waals surface area contributed by atoms with E-state index in [1.54, 1.807) is 27.7 Å². The Balaban J connectivity index is 2.20. The summed E-state index contributed by atoms with van der Waals surface area (Å²) in [4.78, 5) is 0.467. The van der Waals surface area contributed by atoms with Crippen LogP contribution in [0.3, 0.4) is 0 Å². The Hall–Kier alpha value is -1.43. The number of benzene rings is 1. The second-order valence-corrected chi connectivity index (χ2v) is 5.67. The van der Waals surface area contributed by atoms with Crippen molar-refractivity contribution < 1.29 is 24.1 Å². The molecule has 18 heavy (non-hydrogen) atoms. The van der Waals surface area contributed by atoms with Crippen LogP contribution < -0.4 is 18.9 Å². The monoisotopic (exact) mass is 270 g/mol. The molecule has 3 rings (SSSR count). The number of rotatable bonds is 0. The van der Waals surface area contributed by atoms with Gasteiger partial charge in [0.2, 0.25) is 28.8 Å². The Bertz CT molecular complexity index is 460. The molecule has 0 aliphatic carbocycles. The Morgan fingerprint density at radius 3 is 1.50 bits per heavy atom. The molecule has 0 fully saturated rings. The van der Waals surface area contributed by atoms with Gasteiger partial charge < -0.3 is 24.1 Å². The minimum absolute atomic E-state index is 0.117. The smallest absolute Gasteiger partial charge is 0.246 e. The average Bonchev–Trinajstić information content (AvgIpc) is 2.72. The standard InChI is InChI=1S/C12H14O5S/c1-11(2)14-6-5(13)7-9(10(18)8(6)16-11)17-12(3,4)15-7/h13,18H,1-4H3. The maximum atomic E-state index is 10.2. The molecule has 0 radical (unpaired) electrons. The van der Waals surface area contributed by atoms with E-state index < -0.39 is 11.6 Å². The lowest BCUT2D eigenvalue weighted by atomic mass is 10.2. The first-order valence-electron chi connectivity index (χ1n) is 5.58. The highest BCUT2D eigenvalue weighted by Crippen LogP contribution is 2.61. The summed E-state index contributed by atoms with van der Waals surface area (Å²) in [7, 11) is 0. The van der Waals surface area contributed by atoms with Crippen LogP contribution in [0, 0.1) is 0 Å². The summed E-state index contributed by atoms with van der Waals surface area (Å²) in [5.74, 6) is -0.574. The first kappa shape index (κ1) is 11.6. The normalized spacial score (nSPS) is 21.2. The molecule has 1 aromatic carbocycles. The van der Waals surface area contributed by atoms with Crippen LogP contribution in [0.5, 0.6) is 28.7 Å². The van der Waals surface area contributed by atoms with Gasteiger partial charge in [-0.15, -0.1) is 12.6 Å². The van der Waals surface area contributed by atoms with E-state index in [4.69, 9.17) is 18.9 Å². The molecule has 6 heteroatoms. The molecule has 0 aromatic heterocycles. The number of hydrogen-bond acceptors (Lipinski definition) is 6. The molecule has 1 aromatic rings. The van der Waals surface area contributed by atoms with Crippen molar-refractivity contribution in [3.8, 4) is 28.7 Å². The van der Waals surface area contributed by atoms with Gasteiger partial charge in [0.05, 0.1) is 4.90 Å². The van der Waals surface area contributed by atoms with E-state index in [1.807, 2.05) is 0 Å². The molecule has 0 unspecified atom stereocenters. The molecule has 98 valence electrons. The maximum Gasteiger partial charge on any atom is 0.246 e. The van der Waals surface area contributed by atoms with Crippen LogP contribution in [-0.2, 0) is 0 Å².